The molecule has 1 aromatic carbocycles. The van der Waals surface area contributed by atoms with Crippen LogP contribution in [0.25, 0.3) is 0 Å². The quantitative estimate of drug-likeness (QED) is 0.345. The van der Waals surface area contributed by atoms with Gasteiger partial charge < -0.3 is 20.1 Å². The Kier molecular flexibility index (Phi) is 15.4. The van der Waals surface area contributed by atoms with Crippen molar-refractivity contribution in [1.29, 1.82) is 0 Å². The van der Waals surface area contributed by atoms with Crippen LogP contribution >= 0.6 is 0 Å². The molecule has 1 spiro atoms. The Hall–Kier alpha value is -4.13. The summed E-state index contributed by atoms with van der Waals surface area (Å²) in [6.45, 7) is 7.01. The van der Waals surface area contributed by atoms with Gasteiger partial charge in [-0.1, -0.05) is 18.2 Å². The molecule has 3 heterocycles. The molecule has 0 amide bonds. The summed E-state index contributed by atoms with van der Waals surface area (Å²) in [5.74, 6) is -7.33. The van der Waals surface area contributed by atoms with Crippen LogP contribution in [0.1, 0.15) is 30.4 Å². The number of carbonyl (C=O) groups is 3. The second-order valence-corrected chi connectivity index (χ2v) is 10.4. The molecule has 2 aliphatic rings. The van der Waals surface area contributed by atoms with E-state index in [0.717, 1.165) is 18.8 Å². The van der Waals surface area contributed by atoms with Crippen molar-refractivity contribution in [3.8, 4) is 5.75 Å². The molecule has 0 saturated carbocycles. The fourth-order valence-electron chi connectivity index (χ4n) is 4.50. The lowest BCUT2D eigenvalue weighted by Gasteiger charge is -2.39. The molecule has 10 nitrogen and oxygen atoms in total. The Labute approximate surface area is 262 Å². The molecule has 0 aliphatic carbocycles. The van der Waals surface area contributed by atoms with Gasteiger partial charge in [-0.15, -0.1) is 0 Å². The first-order valence-electron chi connectivity index (χ1n) is 13.4. The number of carboxylic acids is 3. The molecule has 2 saturated heterocycles. The summed E-state index contributed by atoms with van der Waals surface area (Å²) in [6.07, 6.45) is -7.39. The van der Waals surface area contributed by atoms with E-state index in [4.69, 9.17) is 34.4 Å². The number of benzene rings is 1. The summed E-state index contributed by atoms with van der Waals surface area (Å²) in [4.78, 5) is 36.2. The maximum atomic E-state index is 10.6. The maximum Gasteiger partial charge on any atom is 0.490 e. The highest BCUT2D eigenvalue weighted by Gasteiger charge is 2.41. The first-order chi connectivity index (χ1) is 21.6. The van der Waals surface area contributed by atoms with Crippen molar-refractivity contribution in [3.63, 3.8) is 0 Å². The summed E-state index contributed by atoms with van der Waals surface area (Å²) < 4.78 is 100. The van der Waals surface area contributed by atoms with Crippen molar-refractivity contribution in [2.75, 3.05) is 33.3 Å². The van der Waals surface area contributed by atoms with Crippen LogP contribution in [0.4, 0.5) is 39.5 Å². The van der Waals surface area contributed by atoms with Crippen LogP contribution in [0.2, 0.25) is 0 Å². The zero-order chi connectivity index (χ0) is 36.1. The fourth-order valence-corrected chi connectivity index (χ4v) is 4.50. The van der Waals surface area contributed by atoms with Crippen LogP contribution in [0.3, 0.4) is 0 Å². The van der Waals surface area contributed by atoms with E-state index in [1.165, 1.54) is 56.6 Å². The minimum absolute atomic E-state index is 0.540. The van der Waals surface area contributed by atoms with Crippen molar-refractivity contribution in [3.05, 3.63) is 59.9 Å². The molecule has 0 atom stereocenters. The molecule has 0 unspecified atom stereocenters. The van der Waals surface area contributed by atoms with E-state index in [1.807, 2.05) is 18.5 Å². The van der Waals surface area contributed by atoms with Crippen LogP contribution in [0.15, 0.2) is 48.8 Å². The molecule has 1 aromatic heterocycles. The van der Waals surface area contributed by atoms with Crippen molar-refractivity contribution < 1.29 is 74.0 Å². The predicted octanol–water partition coefficient (Wildman–Crippen LogP) is 5.48. The first-order valence-corrected chi connectivity index (χ1v) is 13.4. The number of likely N-dealkylation sites (tertiary alicyclic amines) is 2. The van der Waals surface area contributed by atoms with Crippen LogP contribution in [0.5, 0.6) is 5.75 Å². The fraction of sp³-hybridized carbons (Fsp3) is 0.500. The number of alkyl halides is 9. The molecular weight excluding hydrogens is 661 g/mol. The topological polar surface area (TPSA) is 140 Å². The average molecular weight is 694 g/mol. The van der Waals surface area contributed by atoms with Gasteiger partial charge in [0.1, 0.15) is 5.75 Å². The number of aliphatic carboxylic acids is 3. The van der Waals surface area contributed by atoms with Crippen molar-refractivity contribution in [2.45, 2.75) is 50.9 Å². The van der Waals surface area contributed by atoms with Crippen LogP contribution in [0, 0.1) is 5.41 Å². The third-order valence-electron chi connectivity index (χ3n) is 6.86. The average Bonchev–Trinajstić information content (AvgIpc) is 3.36. The summed E-state index contributed by atoms with van der Waals surface area (Å²) in [5, 5.41) is 21.4. The smallest absolute Gasteiger partial charge is 0.490 e. The zero-order valence-corrected chi connectivity index (χ0v) is 24.7. The molecular formula is C28H32F9N3O7. The highest BCUT2D eigenvalue weighted by Crippen LogP contribution is 2.41. The van der Waals surface area contributed by atoms with E-state index >= 15 is 0 Å². The zero-order valence-electron chi connectivity index (χ0n) is 24.7. The third kappa shape index (κ3) is 15.8. The van der Waals surface area contributed by atoms with Gasteiger partial charge in [-0.3, -0.25) is 14.8 Å². The number of hydrogen-bond donors (Lipinski definition) is 3. The molecule has 47 heavy (non-hydrogen) atoms. The third-order valence-corrected chi connectivity index (χ3v) is 6.86. The van der Waals surface area contributed by atoms with E-state index in [0.29, 0.717) is 5.41 Å². The van der Waals surface area contributed by atoms with Gasteiger partial charge >= 0.3 is 36.4 Å². The SMILES string of the molecule is COc1ccc(CN2CCC3(CC2)CCN(Cc2cccnc2)C3)cc1.O=C(O)C(F)(F)F.O=C(O)C(F)(F)F.O=C(O)C(F)(F)F. The number of pyridine rings is 1. The Morgan fingerprint density at radius 1 is 0.723 bits per heavy atom. The molecule has 0 bridgehead atoms. The molecule has 2 fully saturated rings. The lowest BCUT2D eigenvalue weighted by molar-refractivity contribution is -0.193. The number of piperidine rings is 1. The minimum Gasteiger partial charge on any atom is -0.497 e. The predicted molar refractivity (Wildman–Crippen MR) is 145 cm³/mol. The van der Waals surface area contributed by atoms with E-state index < -0.39 is 36.4 Å². The van der Waals surface area contributed by atoms with Gasteiger partial charge in [-0.05, 0) is 73.6 Å². The first kappa shape index (κ1) is 40.9. The number of carboxylic acid groups (broad SMARTS) is 3. The lowest BCUT2D eigenvalue weighted by Crippen LogP contribution is -2.41. The molecule has 3 N–H and O–H groups in total. The number of halogens is 9. The number of nitrogens with zero attached hydrogens (tertiary/aromatic N) is 3. The second kappa shape index (κ2) is 17.7. The molecule has 264 valence electrons. The summed E-state index contributed by atoms with van der Waals surface area (Å²) >= 11 is 0. The second-order valence-electron chi connectivity index (χ2n) is 10.4. The Bertz CT molecular complexity index is 1210. The normalized spacial score (nSPS) is 16.4. The monoisotopic (exact) mass is 693 g/mol. The highest BCUT2D eigenvalue weighted by molar-refractivity contribution is 5.73. The lowest BCUT2D eigenvalue weighted by atomic mass is 9.77. The number of ether oxygens (including phenoxy) is 1. The minimum atomic E-state index is -5.08. The summed E-state index contributed by atoms with van der Waals surface area (Å²) in [5.41, 5.74) is 3.26. The number of rotatable bonds is 5. The van der Waals surface area contributed by atoms with Crippen molar-refractivity contribution in [1.82, 2.24) is 14.8 Å². The maximum absolute atomic E-state index is 10.6. The summed E-state index contributed by atoms with van der Waals surface area (Å²) in [7, 11) is 1.72. The van der Waals surface area contributed by atoms with Crippen molar-refractivity contribution >= 4 is 17.9 Å². The Balaban J connectivity index is 0.000000430. The van der Waals surface area contributed by atoms with Gasteiger partial charge in [0.25, 0.3) is 0 Å². The summed E-state index contributed by atoms with van der Waals surface area (Å²) in [6, 6.07) is 12.7. The van der Waals surface area contributed by atoms with Gasteiger partial charge in [0.15, 0.2) is 0 Å². The van der Waals surface area contributed by atoms with Gasteiger partial charge in [0, 0.05) is 32.0 Å². The number of aromatic nitrogens is 1. The molecule has 19 heteroatoms. The van der Waals surface area contributed by atoms with Crippen LogP contribution < -0.4 is 4.74 Å². The van der Waals surface area contributed by atoms with Gasteiger partial charge in [-0.25, -0.2) is 14.4 Å². The number of methoxy groups -OCH3 is 1. The van der Waals surface area contributed by atoms with Gasteiger partial charge in [0.05, 0.1) is 7.11 Å². The Morgan fingerprint density at radius 2 is 1.13 bits per heavy atom. The number of hydrogen-bond acceptors (Lipinski definition) is 7. The van der Waals surface area contributed by atoms with Crippen molar-refractivity contribution in [2.24, 2.45) is 5.41 Å². The van der Waals surface area contributed by atoms with E-state index in [9.17, 15) is 39.5 Å². The largest absolute Gasteiger partial charge is 0.497 e. The van der Waals surface area contributed by atoms with E-state index in [-0.39, 0.29) is 0 Å². The van der Waals surface area contributed by atoms with Gasteiger partial charge in [-0.2, -0.15) is 39.5 Å². The van der Waals surface area contributed by atoms with Gasteiger partial charge in [0.2, 0.25) is 0 Å². The Morgan fingerprint density at radius 3 is 1.49 bits per heavy atom. The molecule has 4 rings (SSSR count). The molecule has 2 aromatic rings. The molecule has 0 radical (unpaired) electrons. The van der Waals surface area contributed by atoms with Crippen LogP contribution in [-0.2, 0) is 27.5 Å². The van der Waals surface area contributed by atoms with E-state index in [1.54, 1.807) is 7.11 Å². The standard InChI is InChI=1S/C22H29N3O.3C2HF3O2/c1-26-21-6-4-19(5-7-21)16-24-12-8-22(9-13-24)10-14-25(18-22)17-20-3-2-11-23-15-20;3*3-2(4,5)1(6)7/h2-7,11,15H,8-10,12-14,16-18H2,1H3;3*(H,6,7). The van der Waals surface area contributed by atoms with Crippen LogP contribution in [-0.4, -0.2) is 99.8 Å². The highest BCUT2D eigenvalue weighted by atomic mass is 19.4. The van der Waals surface area contributed by atoms with E-state index in [2.05, 4.69) is 45.1 Å². The molecule has 2 aliphatic heterocycles.